The van der Waals surface area contributed by atoms with Gasteiger partial charge in [-0.15, -0.1) is 11.3 Å². The van der Waals surface area contributed by atoms with Crippen molar-refractivity contribution in [3.05, 3.63) is 22.4 Å². The second-order valence-electron chi connectivity index (χ2n) is 4.91. The smallest absolute Gasteiger partial charge is 0.191 e. The number of guanidine groups is 1. The minimum absolute atomic E-state index is 0.236. The molecular formula is C14H24N4OS. The highest BCUT2D eigenvalue weighted by atomic mass is 32.1. The third-order valence-corrected chi connectivity index (χ3v) is 4.02. The van der Waals surface area contributed by atoms with Crippen molar-refractivity contribution in [2.75, 3.05) is 39.8 Å². The molecule has 1 atom stereocenters. The van der Waals surface area contributed by atoms with Crippen LogP contribution in [0.2, 0.25) is 0 Å². The molecule has 1 aliphatic heterocycles. The first-order chi connectivity index (χ1) is 9.78. The standard InChI is InChI=1S/C14H24N4OS/c1-3-15-14(17-10-13-5-4-8-20-13)16-9-12-11-18(2)6-7-19-12/h4-5,8,12H,3,6-7,9-11H2,1-2H3,(H2,15,16,17). The van der Waals surface area contributed by atoms with Crippen molar-refractivity contribution in [1.29, 1.82) is 0 Å². The highest BCUT2D eigenvalue weighted by Gasteiger charge is 2.17. The van der Waals surface area contributed by atoms with Crippen LogP contribution < -0.4 is 10.6 Å². The van der Waals surface area contributed by atoms with Crippen molar-refractivity contribution >= 4 is 17.3 Å². The summed E-state index contributed by atoms with van der Waals surface area (Å²) in [5.41, 5.74) is 0. The first-order valence-electron chi connectivity index (χ1n) is 7.12. The Hall–Kier alpha value is -1.11. The summed E-state index contributed by atoms with van der Waals surface area (Å²) < 4.78 is 5.74. The Kier molecular flexibility index (Phi) is 6.29. The summed E-state index contributed by atoms with van der Waals surface area (Å²) in [7, 11) is 2.13. The van der Waals surface area contributed by atoms with Gasteiger partial charge in [0.1, 0.15) is 0 Å². The predicted octanol–water partition coefficient (Wildman–Crippen LogP) is 1.13. The molecule has 2 rings (SSSR count). The number of morpholine rings is 1. The zero-order chi connectivity index (χ0) is 14.2. The Bertz CT molecular complexity index is 407. The summed E-state index contributed by atoms with van der Waals surface area (Å²) in [5.74, 6) is 0.859. The van der Waals surface area contributed by atoms with Crippen molar-refractivity contribution in [3.8, 4) is 0 Å². The molecule has 0 aliphatic carbocycles. The van der Waals surface area contributed by atoms with E-state index in [0.717, 1.165) is 45.3 Å². The van der Waals surface area contributed by atoms with Gasteiger partial charge in [0.05, 0.1) is 19.3 Å². The predicted molar refractivity (Wildman–Crippen MR) is 84.4 cm³/mol. The van der Waals surface area contributed by atoms with Crippen LogP contribution in [0.5, 0.6) is 0 Å². The van der Waals surface area contributed by atoms with Gasteiger partial charge in [-0.05, 0) is 25.4 Å². The molecule has 0 saturated carbocycles. The molecule has 1 unspecified atom stereocenters. The molecule has 0 spiro atoms. The average molecular weight is 296 g/mol. The fourth-order valence-corrected chi connectivity index (χ4v) is 2.73. The number of likely N-dealkylation sites (N-methyl/N-ethyl adjacent to an activating group) is 1. The highest BCUT2D eigenvalue weighted by Crippen LogP contribution is 2.09. The SMILES string of the molecule is CCNC(=NCc1cccs1)NCC1CN(C)CCO1. The minimum atomic E-state index is 0.236. The van der Waals surface area contributed by atoms with Crippen molar-refractivity contribution in [2.24, 2.45) is 4.99 Å². The van der Waals surface area contributed by atoms with E-state index in [1.807, 2.05) is 0 Å². The first kappa shape index (κ1) is 15.3. The van der Waals surface area contributed by atoms with Crippen LogP contribution in [0.3, 0.4) is 0 Å². The lowest BCUT2D eigenvalue weighted by atomic mass is 10.3. The highest BCUT2D eigenvalue weighted by molar-refractivity contribution is 7.09. The Morgan fingerprint density at radius 1 is 1.55 bits per heavy atom. The molecule has 0 bridgehead atoms. The van der Waals surface area contributed by atoms with Gasteiger partial charge in [0.2, 0.25) is 0 Å². The van der Waals surface area contributed by atoms with E-state index >= 15 is 0 Å². The molecule has 1 aliphatic rings. The fraction of sp³-hybridized carbons (Fsp3) is 0.643. The van der Waals surface area contributed by atoms with Gasteiger partial charge in [-0.1, -0.05) is 6.07 Å². The number of hydrogen-bond donors (Lipinski definition) is 2. The molecule has 2 N–H and O–H groups in total. The Morgan fingerprint density at radius 2 is 2.45 bits per heavy atom. The van der Waals surface area contributed by atoms with Gasteiger partial charge in [-0.3, -0.25) is 0 Å². The minimum Gasteiger partial charge on any atom is -0.374 e. The molecule has 0 amide bonds. The van der Waals surface area contributed by atoms with Gasteiger partial charge >= 0.3 is 0 Å². The van der Waals surface area contributed by atoms with Crippen molar-refractivity contribution in [3.63, 3.8) is 0 Å². The fourth-order valence-electron chi connectivity index (χ4n) is 2.10. The zero-order valence-electron chi connectivity index (χ0n) is 12.3. The number of ether oxygens (including phenoxy) is 1. The Balaban J connectivity index is 1.80. The molecule has 0 radical (unpaired) electrons. The summed E-state index contributed by atoms with van der Waals surface area (Å²) >= 11 is 1.74. The molecule has 1 saturated heterocycles. The van der Waals surface area contributed by atoms with Gasteiger partial charge in [0, 0.05) is 31.1 Å². The number of rotatable bonds is 5. The summed E-state index contributed by atoms with van der Waals surface area (Å²) in [6.45, 7) is 7.25. The number of hydrogen-bond acceptors (Lipinski definition) is 4. The lowest BCUT2D eigenvalue weighted by Gasteiger charge is -2.30. The molecule has 0 aromatic carbocycles. The molecule has 2 heterocycles. The molecule has 20 heavy (non-hydrogen) atoms. The molecular weight excluding hydrogens is 272 g/mol. The van der Waals surface area contributed by atoms with Gasteiger partial charge in [-0.2, -0.15) is 0 Å². The van der Waals surface area contributed by atoms with E-state index in [-0.39, 0.29) is 6.10 Å². The summed E-state index contributed by atoms with van der Waals surface area (Å²) in [4.78, 5) is 8.17. The van der Waals surface area contributed by atoms with Crippen LogP contribution in [-0.2, 0) is 11.3 Å². The lowest BCUT2D eigenvalue weighted by molar-refractivity contribution is -0.0161. The summed E-state index contributed by atoms with van der Waals surface area (Å²) in [6, 6.07) is 4.17. The molecule has 1 aromatic heterocycles. The normalized spacial score (nSPS) is 20.9. The second-order valence-corrected chi connectivity index (χ2v) is 5.94. The number of aliphatic imine (C=N–C) groups is 1. The molecule has 5 nitrogen and oxygen atoms in total. The maximum Gasteiger partial charge on any atom is 0.191 e. The molecule has 6 heteroatoms. The topological polar surface area (TPSA) is 48.9 Å². The van der Waals surface area contributed by atoms with Crippen molar-refractivity contribution in [1.82, 2.24) is 15.5 Å². The van der Waals surface area contributed by atoms with E-state index in [1.165, 1.54) is 4.88 Å². The molecule has 112 valence electrons. The third kappa shape index (κ3) is 5.11. The van der Waals surface area contributed by atoms with Gasteiger partial charge in [0.15, 0.2) is 5.96 Å². The average Bonchev–Trinajstić information content (AvgIpc) is 2.95. The van der Waals surface area contributed by atoms with E-state index in [1.54, 1.807) is 11.3 Å². The van der Waals surface area contributed by atoms with E-state index in [0.29, 0.717) is 0 Å². The van der Waals surface area contributed by atoms with Crippen LogP contribution in [-0.4, -0.2) is 56.8 Å². The van der Waals surface area contributed by atoms with Crippen LogP contribution in [0.1, 0.15) is 11.8 Å². The van der Waals surface area contributed by atoms with Crippen LogP contribution in [0.25, 0.3) is 0 Å². The zero-order valence-corrected chi connectivity index (χ0v) is 13.1. The maximum atomic E-state index is 5.74. The Morgan fingerprint density at radius 3 is 3.15 bits per heavy atom. The van der Waals surface area contributed by atoms with Crippen molar-refractivity contribution in [2.45, 2.75) is 19.6 Å². The van der Waals surface area contributed by atoms with E-state index in [9.17, 15) is 0 Å². The third-order valence-electron chi connectivity index (χ3n) is 3.16. The van der Waals surface area contributed by atoms with Crippen LogP contribution >= 0.6 is 11.3 Å². The monoisotopic (exact) mass is 296 g/mol. The van der Waals surface area contributed by atoms with Crippen LogP contribution in [0.15, 0.2) is 22.5 Å². The van der Waals surface area contributed by atoms with E-state index < -0.39 is 0 Å². The van der Waals surface area contributed by atoms with Gasteiger partial charge < -0.3 is 20.3 Å². The van der Waals surface area contributed by atoms with E-state index in [2.05, 4.69) is 52.0 Å². The van der Waals surface area contributed by atoms with Crippen molar-refractivity contribution < 1.29 is 4.74 Å². The van der Waals surface area contributed by atoms with Gasteiger partial charge in [-0.25, -0.2) is 4.99 Å². The maximum absolute atomic E-state index is 5.74. The number of nitrogens with one attached hydrogen (secondary N) is 2. The number of nitrogens with zero attached hydrogens (tertiary/aromatic N) is 2. The number of thiophene rings is 1. The lowest BCUT2D eigenvalue weighted by Crippen LogP contribution is -2.48. The van der Waals surface area contributed by atoms with Crippen LogP contribution in [0, 0.1) is 0 Å². The molecule has 1 aromatic rings. The largest absolute Gasteiger partial charge is 0.374 e. The molecule has 1 fully saturated rings. The quantitative estimate of drug-likeness (QED) is 0.632. The summed E-state index contributed by atoms with van der Waals surface area (Å²) in [6.07, 6.45) is 0.236. The summed E-state index contributed by atoms with van der Waals surface area (Å²) in [5, 5.41) is 8.72. The van der Waals surface area contributed by atoms with Crippen LogP contribution in [0.4, 0.5) is 0 Å². The van der Waals surface area contributed by atoms with E-state index in [4.69, 9.17) is 4.74 Å². The second kappa shape index (κ2) is 8.24. The van der Waals surface area contributed by atoms with Gasteiger partial charge in [0.25, 0.3) is 0 Å². The first-order valence-corrected chi connectivity index (χ1v) is 8.00. The Labute approximate surface area is 125 Å².